The molecule has 0 saturated carbocycles. The van der Waals surface area contributed by atoms with Gasteiger partial charge in [-0.3, -0.25) is 4.79 Å². The number of nitrogens with zero attached hydrogens (tertiary/aromatic N) is 2. The second-order valence-electron chi connectivity index (χ2n) is 5.68. The first-order chi connectivity index (χ1) is 12.6. The highest BCUT2D eigenvalue weighted by atomic mass is 16.4. The Kier molecular flexibility index (Phi) is 5.29. The first-order valence-corrected chi connectivity index (χ1v) is 8.05. The van der Waals surface area contributed by atoms with Gasteiger partial charge in [-0.05, 0) is 41.8 Å². The average Bonchev–Trinajstić information content (AvgIpc) is 2.68. The predicted octanol–water partition coefficient (Wildman–Crippen LogP) is 4.90. The van der Waals surface area contributed by atoms with Crippen LogP contribution in [0.1, 0.15) is 31.8 Å². The summed E-state index contributed by atoms with van der Waals surface area (Å²) in [5, 5.41) is 16.7. The Morgan fingerprint density at radius 2 is 1.31 bits per heavy atom. The molecular weight excluding hydrogens is 328 g/mol. The van der Waals surface area contributed by atoms with E-state index in [4.69, 9.17) is 5.11 Å². The lowest BCUT2D eigenvalue weighted by molar-refractivity contribution is 0.0692. The molecule has 0 atom stereocenters. The lowest BCUT2D eigenvalue weighted by Gasteiger charge is -2.02. The highest BCUT2D eigenvalue weighted by Gasteiger charge is 2.15. The van der Waals surface area contributed by atoms with Crippen molar-refractivity contribution in [3.63, 3.8) is 0 Å². The zero-order valence-electron chi connectivity index (χ0n) is 13.9. The van der Waals surface area contributed by atoms with E-state index in [0.29, 0.717) is 5.69 Å². The Hall–Kier alpha value is -3.60. The molecule has 5 heteroatoms. The number of hydrogen-bond acceptors (Lipinski definition) is 3. The van der Waals surface area contributed by atoms with E-state index in [2.05, 4.69) is 22.4 Å². The second kappa shape index (κ2) is 7.98. The van der Waals surface area contributed by atoms with Gasteiger partial charge < -0.3 is 5.11 Å². The van der Waals surface area contributed by atoms with Gasteiger partial charge in [0.1, 0.15) is 0 Å². The molecule has 5 nitrogen and oxygen atoms in total. The molecule has 26 heavy (non-hydrogen) atoms. The van der Waals surface area contributed by atoms with Crippen molar-refractivity contribution < 1.29 is 14.7 Å². The number of benzene rings is 3. The van der Waals surface area contributed by atoms with Crippen LogP contribution in [-0.2, 0) is 6.42 Å². The quantitative estimate of drug-likeness (QED) is 0.669. The zero-order valence-corrected chi connectivity index (χ0v) is 13.9. The van der Waals surface area contributed by atoms with Crippen LogP contribution in [0, 0.1) is 0 Å². The minimum Gasteiger partial charge on any atom is -0.478 e. The molecule has 3 rings (SSSR count). The molecule has 0 fully saturated rings. The molecular formula is C21H16N2O3. The summed E-state index contributed by atoms with van der Waals surface area (Å²) in [6.45, 7) is 0. The first-order valence-electron chi connectivity index (χ1n) is 8.05. The van der Waals surface area contributed by atoms with Gasteiger partial charge in [-0.1, -0.05) is 54.6 Å². The number of amides is 1. The van der Waals surface area contributed by atoms with E-state index in [9.17, 15) is 9.59 Å². The third-order valence-corrected chi connectivity index (χ3v) is 3.83. The molecule has 1 amide bonds. The van der Waals surface area contributed by atoms with Gasteiger partial charge in [0, 0.05) is 0 Å². The maximum absolute atomic E-state index is 12.1. The largest absolute Gasteiger partial charge is 0.478 e. The van der Waals surface area contributed by atoms with Crippen LogP contribution in [0.3, 0.4) is 0 Å². The van der Waals surface area contributed by atoms with E-state index in [-0.39, 0.29) is 11.1 Å². The van der Waals surface area contributed by atoms with Gasteiger partial charge in [0.05, 0.1) is 16.8 Å². The summed E-state index contributed by atoms with van der Waals surface area (Å²) in [4.78, 5) is 23.3. The molecule has 0 spiro atoms. The van der Waals surface area contributed by atoms with Crippen molar-refractivity contribution in [1.82, 2.24) is 0 Å². The molecule has 3 aromatic carbocycles. The zero-order chi connectivity index (χ0) is 18.4. The molecule has 3 aromatic rings. The van der Waals surface area contributed by atoms with Gasteiger partial charge in [-0.2, -0.15) is 0 Å². The maximum Gasteiger partial charge on any atom is 0.336 e. The molecule has 0 aliphatic rings. The maximum atomic E-state index is 12.1. The van der Waals surface area contributed by atoms with Crippen molar-refractivity contribution in [2.45, 2.75) is 6.42 Å². The van der Waals surface area contributed by atoms with Crippen LogP contribution < -0.4 is 0 Å². The number of carbonyl (C=O) groups excluding carboxylic acids is 1. The van der Waals surface area contributed by atoms with E-state index >= 15 is 0 Å². The number of carboxylic acid groups (broad SMARTS) is 1. The second-order valence-corrected chi connectivity index (χ2v) is 5.68. The summed E-state index contributed by atoms with van der Waals surface area (Å²) >= 11 is 0. The Morgan fingerprint density at radius 3 is 1.96 bits per heavy atom. The molecule has 128 valence electrons. The van der Waals surface area contributed by atoms with Crippen LogP contribution in [0.25, 0.3) is 0 Å². The molecule has 0 saturated heterocycles. The lowest BCUT2D eigenvalue weighted by Crippen LogP contribution is -2.06. The molecule has 1 N–H and O–H groups in total. The molecule has 0 aromatic heterocycles. The number of hydrogen-bond donors (Lipinski definition) is 1. The fourth-order valence-electron chi connectivity index (χ4n) is 2.53. The molecule has 0 bridgehead atoms. The molecule has 0 aliphatic heterocycles. The number of rotatable bonds is 5. The summed E-state index contributed by atoms with van der Waals surface area (Å²) in [7, 11) is 0. The SMILES string of the molecule is O=C(O)c1ccccc1C(=O)N=Nc1ccc(Cc2ccccc2)cc1. The van der Waals surface area contributed by atoms with Crippen molar-refractivity contribution in [3.05, 3.63) is 101 Å². The Labute approximate surface area is 150 Å². The summed E-state index contributed by atoms with van der Waals surface area (Å²) < 4.78 is 0. The Morgan fingerprint density at radius 1 is 0.731 bits per heavy atom. The van der Waals surface area contributed by atoms with Gasteiger partial charge in [0.2, 0.25) is 0 Å². The van der Waals surface area contributed by atoms with Crippen molar-refractivity contribution in [3.8, 4) is 0 Å². The summed E-state index contributed by atoms with van der Waals surface area (Å²) in [5.74, 6) is -1.86. The average molecular weight is 344 g/mol. The van der Waals surface area contributed by atoms with Crippen LogP contribution in [-0.4, -0.2) is 17.0 Å². The van der Waals surface area contributed by atoms with Crippen molar-refractivity contribution in [2.24, 2.45) is 10.2 Å². The van der Waals surface area contributed by atoms with Crippen LogP contribution in [0.4, 0.5) is 5.69 Å². The summed E-state index contributed by atoms with van der Waals surface area (Å²) in [6.07, 6.45) is 0.809. The third kappa shape index (κ3) is 4.27. The van der Waals surface area contributed by atoms with Gasteiger partial charge in [-0.15, -0.1) is 10.2 Å². The van der Waals surface area contributed by atoms with Gasteiger partial charge in [0.25, 0.3) is 5.91 Å². The minimum absolute atomic E-state index is 0.0180. The van der Waals surface area contributed by atoms with E-state index in [1.165, 1.54) is 17.7 Å². The van der Waals surface area contributed by atoms with E-state index in [1.54, 1.807) is 24.3 Å². The monoisotopic (exact) mass is 344 g/mol. The van der Waals surface area contributed by atoms with Crippen LogP contribution in [0.5, 0.6) is 0 Å². The molecule has 0 aliphatic carbocycles. The highest BCUT2D eigenvalue weighted by molar-refractivity contribution is 6.05. The first kappa shape index (κ1) is 17.2. The van der Waals surface area contributed by atoms with Gasteiger partial charge in [0.15, 0.2) is 0 Å². The van der Waals surface area contributed by atoms with Crippen LogP contribution >= 0.6 is 0 Å². The number of carboxylic acids is 1. The smallest absolute Gasteiger partial charge is 0.336 e. The Bertz CT molecular complexity index is 949. The predicted molar refractivity (Wildman–Crippen MR) is 97.9 cm³/mol. The normalized spacial score (nSPS) is 10.8. The molecule has 0 heterocycles. The van der Waals surface area contributed by atoms with Crippen molar-refractivity contribution in [1.29, 1.82) is 0 Å². The summed E-state index contributed by atoms with van der Waals surface area (Å²) in [5.41, 5.74) is 2.79. The van der Waals surface area contributed by atoms with Crippen molar-refractivity contribution in [2.75, 3.05) is 0 Å². The van der Waals surface area contributed by atoms with Gasteiger partial charge in [-0.25, -0.2) is 4.79 Å². The molecule has 0 radical (unpaired) electrons. The Balaban J connectivity index is 1.71. The van der Waals surface area contributed by atoms with Crippen LogP contribution in [0.15, 0.2) is 89.1 Å². The lowest BCUT2D eigenvalue weighted by atomic mass is 10.1. The van der Waals surface area contributed by atoms with Crippen molar-refractivity contribution >= 4 is 17.6 Å². The number of azo groups is 1. The van der Waals surface area contributed by atoms with E-state index in [1.807, 2.05) is 30.3 Å². The third-order valence-electron chi connectivity index (χ3n) is 3.83. The van der Waals surface area contributed by atoms with Crippen LogP contribution in [0.2, 0.25) is 0 Å². The standard InChI is InChI=1S/C21H16N2O3/c24-20(18-8-4-5-9-19(18)21(25)26)23-22-17-12-10-16(11-13-17)14-15-6-2-1-3-7-15/h1-13H,14H2,(H,25,26). The highest BCUT2D eigenvalue weighted by Crippen LogP contribution is 2.17. The number of carbonyl (C=O) groups is 2. The summed E-state index contributed by atoms with van der Waals surface area (Å²) in [6, 6.07) is 23.4. The fourth-order valence-corrected chi connectivity index (χ4v) is 2.53. The fraction of sp³-hybridized carbons (Fsp3) is 0.0476. The number of aromatic carboxylic acids is 1. The van der Waals surface area contributed by atoms with E-state index in [0.717, 1.165) is 12.0 Å². The molecule has 0 unspecified atom stereocenters. The van der Waals surface area contributed by atoms with E-state index < -0.39 is 11.9 Å². The minimum atomic E-state index is -1.17. The van der Waals surface area contributed by atoms with Gasteiger partial charge >= 0.3 is 5.97 Å². The topological polar surface area (TPSA) is 79.1 Å².